The quantitative estimate of drug-likeness (QED) is 0.810. The van der Waals surface area contributed by atoms with Crippen molar-refractivity contribution in [3.05, 3.63) is 62.7 Å². The maximum atomic E-state index is 6.00. The Kier molecular flexibility index (Phi) is 5.22. The minimum absolute atomic E-state index is 0.610. The van der Waals surface area contributed by atoms with Crippen molar-refractivity contribution >= 4 is 22.6 Å². The summed E-state index contributed by atoms with van der Waals surface area (Å²) in [4.78, 5) is 0. The number of ether oxygens (including phenoxy) is 1. The third kappa shape index (κ3) is 3.94. The summed E-state index contributed by atoms with van der Waals surface area (Å²) in [5.74, 6) is 0.996. The molecule has 0 heterocycles. The average Bonchev–Trinajstić information content (AvgIpc) is 2.40. The number of para-hydroxylation sites is 1. The Labute approximate surface area is 128 Å². The first-order valence-electron chi connectivity index (χ1n) is 6.31. The lowest BCUT2D eigenvalue weighted by Crippen LogP contribution is -2.08. The van der Waals surface area contributed by atoms with Crippen LogP contribution in [-0.2, 0) is 13.2 Å². The van der Waals surface area contributed by atoms with Gasteiger partial charge in [0.15, 0.2) is 0 Å². The van der Waals surface area contributed by atoms with Crippen molar-refractivity contribution < 1.29 is 4.74 Å². The van der Waals surface area contributed by atoms with Gasteiger partial charge in [-0.3, -0.25) is 0 Å². The molecule has 0 aliphatic heterocycles. The Balaban J connectivity index is 2.12. The Morgan fingerprint density at radius 3 is 2.53 bits per heavy atom. The molecule has 0 saturated heterocycles. The predicted molar refractivity (Wildman–Crippen MR) is 87.4 cm³/mol. The molecular formula is C16H18INO. The number of hydrogen-bond acceptors (Lipinski definition) is 2. The SMILES string of the molecule is CNCc1cccc(C)c1OCc1ccc(I)cc1. The molecule has 2 rings (SSSR count). The lowest BCUT2D eigenvalue weighted by atomic mass is 10.1. The fourth-order valence-corrected chi connectivity index (χ4v) is 2.35. The molecule has 0 radical (unpaired) electrons. The largest absolute Gasteiger partial charge is 0.488 e. The van der Waals surface area contributed by atoms with Crippen molar-refractivity contribution in [2.75, 3.05) is 7.05 Å². The molecule has 0 aliphatic rings. The van der Waals surface area contributed by atoms with E-state index in [2.05, 4.69) is 77.3 Å². The lowest BCUT2D eigenvalue weighted by molar-refractivity contribution is 0.300. The van der Waals surface area contributed by atoms with E-state index in [-0.39, 0.29) is 0 Å². The minimum atomic E-state index is 0.610. The van der Waals surface area contributed by atoms with Crippen LogP contribution >= 0.6 is 22.6 Å². The van der Waals surface area contributed by atoms with Crippen molar-refractivity contribution in [2.45, 2.75) is 20.1 Å². The monoisotopic (exact) mass is 367 g/mol. The van der Waals surface area contributed by atoms with E-state index in [4.69, 9.17) is 4.74 Å². The Morgan fingerprint density at radius 2 is 1.84 bits per heavy atom. The van der Waals surface area contributed by atoms with Crippen LogP contribution in [0.15, 0.2) is 42.5 Å². The van der Waals surface area contributed by atoms with E-state index >= 15 is 0 Å². The molecule has 0 spiro atoms. The molecule has 0 saturated carbocycles. The van der Waals surface area contributed by atoms with Gasteiger partial charge >= 0.3 is 0 Å². The zero-order valence-corrected chi connectivity index (χ0v) is 13.4. The number of nitrogens with one attached hydrogen (secondary N) is 1. The van der Waals surface area contributed by atoms with Gasteiger partial charge in [-0.15, -0.1) is 0 Å². The summed E-state index contributed by atoms with van der Waals surface area (Å²) in [6.45, 7) is 3.52. The third-order valence-electron chi connectivity index (χ3n) is 2.96. The Hall–Kier alpha value is -1.07. The summed E-state index contributed by atoms with van der Waals surface area (Å²) in [7, 11) is 1.95. The second-order valence-electron chi connectivity index (χ2n) is 4.51. The topological polar surface area (TPSA) is 21.3 Å². The van der Waals surface area contributed by atoms with Crippen LogP contribution in [0.25, 0.3) is 0 Å². The normalized spacial score (nSPS) is 10.5. The molecule has 19 heavy (non-hydrogen) atoms. The molecule has 0 atom stereocenters. The van der Waals surface area contributed by atoms with Crippen LogP contribution in [0.4, 0.5) is 0 Å². The second-order valence-corrected chi connectivity index (χ2v) is 5.75. The summed E-state index contributed by atoms with van der Waals surface area (Å²) >= 11 is 2.31. The number of benzene rings is 2. The molecular weight excluding hydrogens is 349 g/mol. The van der Waals surface area contributed by atoms with E-state index in [1.807, 2.05) is 7.05 Å². The highest BCUT2D eigenvalue weighted by Crippen LogP contribution is 2.24. The van der Waals surface area contributed by atoms with Gasteiger partial charge in [-0.2, -0.15) is 0 Å². The molecule has 3 heteroatoms. The minimum Gasteiger partial charge on any atom is -0.488 e. The van der Waals surface area contributed by atoms with Gasteiger partial charge in [0.05, 0.1) is 0 Å². The Morgan fingerprint density at radius 1 is 1.11 bits per heavy atom. The summed E-state index contributed by atoms with van der Waals surface area (Å²) in [6, 6.07) is 14.7. The molecule has 1 N–H and O–H groups in total. The van der Waals surface area contributed by atoms with Crippen LogP contribution in [0, 0.1) is 10.5 Å². The standard InChI is InChI=1S/C16H18INO/c1-12-4-3-5-14(10-18-2)16(12)19-11-13-6-8-15(17)9-7-13/h3-9,18H,10-11H2,1-2H3. The summed E-state index contributed by atoms with van der Waals surface area (Å²) < 4.78 is 7.25. The fourth-order valence-electron chi connectivity index (χ4n) is 1.99. The molecule has 2 aromatic carbocycles. The van der Waals surface area contributed by atoms with E-state index in [1.54, 1.807) is 0 Å². The molecule has 0 bridgehead atoms. The maximum Gasteiger partial charge on any atom is 0.127 e. The molecule has 0 aromatic heterocycles. The van der Waals surface area contributed by atoms with Crippen LogP contribution in [-0.4, -0.2) is 7.05 Å². The van der Waals surface area contributed by atoms with E-state index < -0.39 is 0 Å². The van der Waals surface area contributed by atoms with Gasteiger partial charge in [0.2, 0.25) is 0 Å². The van der Waals surface area contributed by atoms with Gasteiger partial charge < -0.3 is 10.1 Å². The van der Waals surface area contributed by atoms with Crippen LogP contribution in [0.5, 0.6) is 5.75 Å². The molecule has 2 aromatic rings. The van der Waals surface area contributed by atoms with E-state index in [1.165, 1.54) is 20.3 Å². The number of hydrogen-bond donors (Lipinski definition) is 1. The zero-order chi connectivity index (χ0) is 13.7. The van der Waals surface area contributed by atoms with Gasteiger partial charge in [-0.05, 0) is 59.8 Å². The van der Waals surface area contributed by atoms with Crippen molar-refractivity contribution in [3.63, 3.8) is 0 Å². The smallest absolute Gasteiger partial charge is 0.127 e. The molecule has 0 unspecified atom stereocenters. The highest BCUT2D eigenvalue weighted by Gasteiger charge is 2.06. The van der Waals surface area contributed by atoms with Crippen molar-refractivity contribution in [1.29, 1.82) is 0 Å². The summed E-state index contributed by atoms with van der Waals surface area (Å²) in [6.07, 6.45) is 0. The molecule has 0 fully saturated rings. The number of halogens is 1. The van der Waals surface area contributed by atoms with Gasteiger partial charge in [-0.1, -0.05) is 30.3 Å². The second kappa shape index (κ2) is 6.91. The van der Waals surface area contributed by atoms with Crippen LogP contribution in [0.3, 0.4) is 0 Å². The zero-order valence-electron chi connectivity index (χ0n) is 11.2. The van der Waals surface area contributed by atoms with Crippen LogP contribution in [0.2, 0.25) is 0 Å². The fraction of sp³-hybridized carbons (Fsp3) is 0.250. The number of rotatable bonds is 5. The van der Waals surface area contributed by atoms with Crippen LogP contribution in [0.1, 0.15) is 16.7 Å². The summed E-state index contributed by atoms with van der Waals surface area (Å²) in [5, 5.41) is 3.18. The van der Waals surface area contributed by atoms with E-state index in [0.717, 1.165) is 12.3 Å². The first kappa shape index (κ1) is 14.3. The predicted octanol–water partition coefficient (Wildman–Crippen LogP) is 3.90. The molecule has 100 valence electrons. The van der Waals surface area contributed by atoms with Crippen molar-refractivity contribution in [1.82, 2.24) is 5.32 Å². The van der Waals surface area contributed by atoms with Gasteiger partial charge in [0.1, 0.15) is 12.4 Å². The average molecular weight is 367 g/mol. The van der Waals surface area contributed by atoms with Crippen LogP contribution < -0.4 is 10.1 Å². The van der Waals surface area contributed by atoms with E-state index in [0.29, 0.717) is 6.61 Å². The highest BCUT2D eigenvalue weighted by molar-refractivity contribution is 14.1. The summed E-state index contributed by atoms with van der Waals surface area (Å²) in [5.41, 5.74) is 3.57. The van der Waals surface area contributed by atoms with Gasteiger partial charge in [0, 0.05) is 15.7 Å². The molecule has 0 aliphatic carbocycles. The maximum absolute atomic E-state index is 6.00. The third-order valence-corrected chi connectivity index (χ3v) is 3.68. The lowest BCUT2D eigenvalue weighted by Gasteiger charge is -2.14. The van der Waals surface area contributed by atoms with E-state index in [9.17, 15) is 0 Å². The first-order chi connectivity index (χ1) is 9.20. The van der Waals surface area contributed by atoms with Crippen molar-refractivity contribution in [2.24, 2.45) is 0 Å². The van der Waals surface area contributed by atoms with Gasteiger partial charge in [0.25, 0.3) is 0 Å². The van der Waals surface area contributed by atoms with Crippen molar-refractivity contribution in [3.8, 4) is 5.75 Å². The Bertz CT molecular complexity index is 537. The molecule has 2 nitrogen and oxygen atoms in total. The number of aryl methyl sites for hydroxylation is 1. The van der Waals surface area contributed by atoms with Gasteiger partial charge in [-0.25, -0.2) is 0 Å². The highest BCUT2D eigenvalue weighted by atomic mass is 127. The first-order valence-corrected chi connectivity index (χ1v) is 7.39. The molecule has 0 amide bonds.